The number of aliphatic hydroxyl groups excluding tert-OH is 1. The van der Waals surface area contributed by atoms with Crippen LogP contribution >= 0.6 is 0 Å². The Morgan fingerprint density at radius 1 is 1.39 bits per heavy atom. The predicted molar refractivity (Wildman–Crippen MR) is 110 cm³/mol. The minimum absolute atomic E-state index is 0.0935. The fraction of sp³-hybridized carbons (Fsp3) is 0.545. The van der Waals surface area contributed by atoms with E-state index < -0.39 is 22.8 Å². The van der Waals surface area contributed by atoms with Gasteiger partial charge in [-0.3, -0.25) is 4.79 Å². The quantitative estimate of drug-likeness (QED) is 0.710. The highest BCUT2D eigenvalue weighted by Crippen LogP contribution is 2.47. The fourth-order valence-corrected chi connectivity index (χ4v) is 4.77. The van der Waals surface area contributed by atoms with Crippen LogP contribution in [0.15, 0.2) is 17.1 Å². The van der Waals surface area contributed by atoms with E-state index in [0.717, 1.165) is 12.8 Å². The first-order valence-electron chi connectivity index (χ1n) is 10.7. The van der Waals surface area contributed by atoms with E-state index in [0.29, 0.717) is 24.2 Å². The number of benzene rings is 1. The summed E-state index contributed by atoms with van der Waals surface area (Å²) in [5.74, 6) is -1.04. The van der Waals surface area contributed by atoms with Gasteiger partial charge >= 0.3 is 5.97 Å². The van der Waals surface area contributed by atoms with Crippen LogP contribution in [-0.4, -0.2) is 58.8 Å². The first kappa shape index (κ1) is 20.3. The van der Waals surface area contributed by atoms with Gasteiger partial charge in [-0.05, 0) is 32.3 Å². The minimum Gasteiger partial charge on any atom is -0.487 e. The number of anilines is 1. The molecular formula is C22H25FN2O6. The molecule has 0 amide bonds. The van der Waals surface area contributed by atoms with E-state index in [1.807, 2.05) is 9.47 Å². The lowest BCUT2D eigenvalue weighted by atomic mass is 9.86. The van der Waals surface area contributed by atoms with Crippen LogP contribution in [0, 0.1) is 5.82 Å². The maximum atomic E-state index is 15.4. The van der Waals surface area contributed by atoms with Gasteiger partial charge in [0.1, 0.15) is 17.9 Å². The second kappa shape index (κ2) is 7.20. The van der Waals surface area contributed by atoms with Crippen LogP contribution in [-0.2, 0) is 4.74 Å². The van der Waals surface area contributed by atoms with Gasteiger partial charge in [-0.1, -0.05) is 0 Å². The maximum Gasteiger partial charge on any atom is 0.343 e. The third kappa shape index (κ3) is 3.18. The number of pyridine rings is 1. The molecule has 2 aromatic rings. The van der Waals surface area contributed by atoms with Gasteiger partial charge in [-0.25, -0.2) is 9.18 Å². The van der Waals surface area contributed by atoms with Crippen molar-refractivity contribution in [1.82, 2.24) is 4.57 Å². The Labute approximate surface area is 177 Å². The predicted octanol–water partition coefficient (Wildman–Crippen LogP) is 1.74. The minimum atomic E-state index is -1.21. The van der Waals surface area contributed by atoms with E-state index in [2.05, 4.69) is 0 Å². The van der Waals surface area contributed by atoms with Crippen molar-refractivity contribution in [2.24, 2.45) is 0 Å². The summed E-state index contributed by atoms with van der Waals surface area (Å²) in [6.07, 6.45) is 3.85. The highest BCUT2D eigenvalue weighted by atomic mass is 19.1. The van der Waals surface area contributed by atoms with Crippen molar-refractivity contribution in [1.29, 1.82) is 0 Å². The van der Waals surface area contributed by atoms with Crippen LogP contribution in [0.2, 0.25) is 0 Å². The van der Waals surface area contributed by atoms with Crippen molar-refractivity contribution in [2.75, 3.05) is 31.3 Å². The van der Waals surface area contributed by atoms with Crippen LogP contribution in [0.4, 0.5) is 10.1 Å². The number of fused-ring (bicyclic) bond motifs is 5. The number of aliphatic hydroxyl groups is 2. The molecular weight excluding hydrogens is 407 g/mol. The number of esters is 1. The zero-order valence-corrected chi connectivity index (χ0v) is 17.3. The number of aromatic nitrogens is 1. The largest absolute Gasteiger partial charge is 0.487 e. The molecule has 31 heavy (non-hydrogen) atoms. The summed E-state index contributed by atoms with van der Waals surface area (Å²) >= 11 is 0. The first-order valence-corrected chi connectivity index (χ1v) is 10.7. The number of carbonyl (C=O) groups excluding carboxylic acids is 1. The summed E-state index contributed by atoms with van der Waals surface area (Å²) in [5, 5.41) is 20.1. The molecule has 1 aromatic carbocycles. The number of piperidine rings is 1. The monoisotopic (exact) mass is 432 g/mol. The lowest BCUT2D eigenvalue weighted by Crippen LogP contribution is -2.56. The van der Waals surface area contributed by atoms with E-state index in [1.54, 1.807) is 6.92 Å². The molecule has 5 rings (SSSR count). The summed E-state index contributed by atoms with van der Waals surface area (Å²) in [7, 11) is 0. The second-order valence-electron chi connectivity index (χ2n) is 8.66. The van der Waals surface area contributed by atoms with Gasteiger partial charge < -0.3 is 29.2 Å². The zero-order chi connectivity index (χ0) is 21.9. The standard InChI is InChI=1S/C22H25FN2O6/c1-2-30-21(28)15-9-25(12-3-4-12)17-14(19(15)27)7-16(23)18-20(17)31-10-13-8-22(29,11-26)5-6-24(13)18/h7,9,12-13,26,29H,2-6,8,10-11H2,1H3/t13-,22+/m1/s1. The molecule has 2 N–H and O–H groups in total. The summed E-state index contributed by atoms with van der Waals surface area (Å²) in [6, 6.07) is 0.995. The van der Waals surface area contributed by atoms with Crippen LogP contribution in [0.25, 0.3) is 10.9 Å². The van der Waals surface area contributed by atoms with Crippen LogP contribution in [0.3, 0.4) is 0 Å². The number of nitrogens with zero attached hydrogens (tertiary/aromatic N) is 2. The molecule has 1 aliphatic carbocycles. The molecule has 0 unspecified atom stereocenters. The van der Waals surface area contributed by atoms with Gasteiger partial charge in [0.05, 0.1) is 35.8 Å². The van der Waals surface area contributed by atoms with Gasteiger partial charge in [0.25, 0.3) is 0 Å². The zero-order valence-electron chi connectivity index (χ0n) is 17.3. The van der Waals surface area contributed by atoms with Crippen LogP contribution in [0.5, 0.6) is 5.75 Å². The Bertz CT molecular complexity index is 1130. The molecule has 2 fully saturated rings. The summed E-state index contributed by atoms with van der Waals surface area (Å²) < 4.78 is 28.2. The third-order valence-corrected chi connectivity index (χ3v) is 6.51. The lowest BCUT2D eigenvalue weighted by molar-refractivity contribution is -0.0470. The molecule has 0 spiro atoms. The van der Waals surface area contributed by atoms with Crippen molar-refractivity contribution in [2.45, 2.75) is 50.3 Å². The summed E-state index contributed by atoms with van der Waals surface area (Å²) in [4.78, 5) is 27.3. The summed E-state index contributed by atoms with van der Waals surface area (Å²) in [6.45, 7) is 2.00. The van der Waals surface area contributed by atoms with Crippen molar-refractivity contribution in [3.63, 3.8) is 0 Å². The molecule has 166 valence electrons. The Morgan fingerprint density at radius 2 is 2.16 bits per heavy atom. The Morgan fingerprint density at radius 3 is 2.84 bits per heavy atom. The highest BCUT2D eigenvalue weighted by Gasteiger charge is 2.43. The molecule has 9 heteroatoms. The van der Waals surface area contributed by atoms with Crippen molar-refractivity contribution < 1.29 is 28.9 Å². The fourth-order valence-electron chi connectivity index (χ4n) is 4.77. The Balaban J connectivity index is 1.70. The number of hydrogen-bond acceptors (Lipinski definition) is 7. The van der Waals surface area contributed by atoms with Gasteiger partial charge in [0.15, 0.2) is 11.6 Å². The number of ether oxygens (including phenoxy) is 2. The van der Waals surface area contributed by atoms with Crippen molar-refractivity contribution in [3.8, 4) is 5.75 Å². The lowest BCUT2D eigenvalue weighted by Gasteiger charge is -2.47. The van der Waals surface area contributed by atoms with E-state index in [9.17, 15) is 19.8 Å². The van der Waals surface area contributed by atoms with E-state index in [4.69, 9.17) is 9.47 Å². The Hall–Kier alpha value is -2.65. The second-order valence-corrected chi connectivity index (χ2v) is 8.66. The van der Waals surface area contributed by atoms with Gasteiger partial charge in [0, 0.05) is 25.2 Å². The van der Waals surface area contributed by atoms with Crippen molar-refractivity contribution in [3.05, 3.63) is 33.9 Å². The molecule has 3 aliphatic rings. The first-order chi connectivity index (χ1) is 14.9. The van der Waals surface area contributed by atoms with E-state index >= 15 is 4.39 Å². The molecule has 8 nitrogen and oxygen atoms in total. The molecule has 1 aromatic heterocycles. The van der Waals surface area contributed by atoms with Gasteiger partial charge in [-0.2, -0.15) is 0 Å². The van der Waals surface area contributed by atoms with Crippen LogP contribution < -0.4 is 15.1 Å². The average Bonchev–Trinajstić information content (AvgIpc) is 3.59. The molecule has 1 saturated heterocycles. The number of hydrogen-bond donors (Lipinski definition) is 2. The third-order valence-electron chi connectivity index (χ3n) is 6.51. The molecule has 1 saturated carbocycles. The van der Waals surface area contributed by atoms with Crippen molar-refractivity contribution >= 4 is 22.6 Å². The smallest absolute Gasteiger partial charge is 0.343 e. The molecule has 3 heterocycles. The number of halogens is 1. The molecule has 2 atom stereocenters. The van der Waals surface area contributed by atoms with E-state index in [1.165, 1.54) is 12.3 Å². The molecule has 0 bridgehead atoms. The normalized spacial score (nSPS) is 25.0. The number of carbonyl (C=O) groups is 1. The number of rotatable bonds is 4. The van der Waals surface area contributed by atoms with Gasteiger partial charge in [0.2, 0.25) is 5.43 Å². The molecule has 0 radical (unpaired) electrons. The highest BCUT2D eigenvalue weighted by molar-refractivity contribution is 5.98. The molecule has 2 aliphatic heterocycles. The van der Waals surface area contributed by atoms with Gasteiger partial charge in [-0.15, -0.1) is 0 Å². The van der Waals surface area contributed by atoms with E-state index in [-0.39, 0.29) is 55.0 Å². The SMILES string of the molecule is CCOC(=O)c1cn(C2CC2)c2c3c(c(F)cc2c1=O)N1CC[C@@](O)(CO)C[C@@H]1CO3. The Kier molecular flexibility index (Phi) is 4.71. The maximum absolute atomic E-state index is 15.4. The summed E-state index contributed by atoms with van der Waals surface area (Å²) in [5.41, 5.74) is -1.15. The van der Waals surface area contributed by atoms with Crippen LogP contribution in [0.1, 0.15) is 49.0 Å². The topological polar surface area (TPSA) is 101 Å². The average molecular weight is 432 g/mol.